The predicted molar refractivity (Wildman–Crippen MR) is 73.7 cm³/mol. The fourth-order valence-electron chi connectivity index (χ4n) is 2.22. The quantitative estimate of drug-likeness (QED) is 0.802. The molecule has 2 N–H and O–H groups in total. The van der Waals surface area contributed by atoms with Crippen molar-refractivity contribution in [3.05, 3.63) is 24.5 Å². The summed E-state index contributed by atoms with van der Waals surface area (Å²) in [6, 6.07) is 0.843. The summed E-state index contributed by atoms with van der Waals surface area (Å²) >= 11 is 0. The highest BCUT2D eigenvalue weighted by Gasteiger charge is 2.44. The number of nitrogens with zero attached hydrogens (tertiary/aromatic N) is 2. The van der Waals surface area contributed by atoms with Crippen LogP contribution in [0.5, 0.6) is 0 Å². The number of halogens is 3. The lowest BCUT2D eigenvalue weighted by atomic mass is 10.2. The van der Waals surface area contributed by atoms with Crippen LogP contribution in [0.25, 0.3) is 0 Å². The Balaban J connectivity index is 2.08. The zero-order valence-electron chi connectivity index (χ0n) is 11.7. The first kappa shape index (κ1) is 17.1. The molecule has 0 spiro atoms. The normalized spacial score (nSPS) is 19.0. The molecule has 0 aromatic carbocycles. The van der Waals surface area contributed by atoms with Crippen LogP contribution >= 0.6 is 0 Å². The summed E-state index contributed by atoms with van der Waals surface area (Å²) in [7, 11) is -4.01. The van der Waals surface area contributed by atoms with Crippen molar-refractivity contribution in [2.75, 3.05) is 32.7 Å². The van der Waals surface area contributed by atoms with Crippen LogP contribution in [0.1, 0.15) is 0 Å². The minimum atomic E-state index is -4.51. The minimum absolute atomic E-state index is 0.156. The van der Waals surface area contributed by atoms with Gasteiger partial charge in [0.2, 0.25) is 10.0 Å². The maximum absolute atomic E-state index is 13.2. The Morgan fingerprint density at radius 2 is 2.05 bits per heavy atom. The molecule has 1 aromatic rings. The lowest BCUT2D eigenvalue weighted by Gasteiger charge is -2.35. The lowest BCUT2D eigenvalue weighted by Crippen LogP contribution is -2.57. The van der Waals surface area contributed by atoms with E-state index in [0.29, 0.717) is 13.1 Å². The molecular weight excluding hydrogens is 321 g/mol. The Morgan fingerprint density at radius 1 is 1.36 bits per heavy atom. The SMILES string of the molecule is O=S(=O)(NCC(N1CCNCC1)C(F)(F)F)c1cccnc1. The summed E-state index contributed by atoms with van der Waals surface area (Å²) < 4.78 is 65.5. The van der Waals surface area contributed by atoms with Crippen molar-refractivity contribution >= 4 is 10.0 Å². The van der Waals surface area contributed by atoms with Gasteiger partial charge in [-0.2, -0.15) is 13.2 Å². The molecule has 22 heavy (non-hydrogen) atoms. The second kappa shape index (κ2) is 6.90. The molecule has 2 heterocycles. The maximum Gasteiger partial charge on any atom is 0.405 e. The Labute approximate surface area is 126 Å². The van der Waals surface area contributed by atoms with Gasteiger partial charge in [0.15, 0.2) is 0 Å². The molecule has 1 aromatic heterocycles. The molecular formula is C12H17F3N4O2S. The smallest absolute Gasteiger partial charge is 0.314 e. The average Bonchev–Trinajstić information content (AvgIpc) is 2.48. The van der Waals surface area contributed by atoms with E-state index in [1.807, 2.05) is 4.72 Å². The second-order valence-electron chi connectivity index (χ2n) is 4.88. The molecule has 1 aliphatic heterocycles. The minimum Gasteiger partial charge on any atom is -0.314 e. The summed E-state index contributed by atoms with van der Waals surface area (Å²) in [5, 5.41) is 2.96. The number of rotatable bonds is 5. The Kier molecular flexibility index (Phi) is 5.37. The average molecular weight is 338 g/mol. The highest BCUT2D eigenvalue weighted by Crippen LogP contribution is 2.25. The summed E-state index contributed by atoms with van der Waals surface area (Å²) in [6.45, 7) is 0.613. The predicted octanol–water partition coefficient (Wildman–Crippen LogP) is 0.196. The van der Waals surface area contributed by atoms with Crippen LogP contribution < -0.4 is 10.0 Å². The van der Waals surface area contributed by atoms with Crippen LogP contribution in [0.4, 0.5) is 13.2 Å². The molecule has 0 aliphatic carbocycles. The molecule has 1 aliphatic rings. The summed E-state index contributed by atoms with van der Waals surface area (Å²) in [4.78, 5) is 4.74. The number of hydrogen-bond donors (Lipinski definition) is 2. The molecule has 124 valence electrons. The first-order valence-electron chi connectivity index (χ1n) is 6.72. The van der Waals surface area contributed by atoms with Crippen LogP contribution in [0.15, 0.2) is 29.4 Å². The number of piperazine rings is 1. The van der Waals surface area contributed by atoms with E-state index in [9.17, 15) is 21.6 Å². The van der Waals surface area contributed by atoms with Gasteiger partial charge in [-0.25, -0.2) is 13.1 Å². The van der Waals surface area contributed by atoms with Crippen LogP contribution in [0.3, 0.4) is 0 Å². The van der Waals surface area contributed by atoms with E-state index in [0.717, 1.165) is 6.20 Å². The Hall–Kier alpha value is -1.23. The summed E-state index contributed by atoms with van der Waals surface area (Å²) in [6.07, 6.45) is -2.02. The third-order valence-corrected chi connectivity index (χ3v) is 4.79. The van der Waals surface area contributed by atoms with Gasteiger partial charge in [0, 0.05) is 45.1 Å². The standard InChI is InChI=1S/C12H17F3N4O2S/c13-12(14,15)11(19-6-4-16-5-7-19)9-18-22(20,21)10-2-1-3-17-8-10/h1-3,8,11,16,18H,4-7,9H2. The zero-order valence-corrected chi connectivity index (χ0v) is 12.5. The topological polar surface area (TPSA) is 74.3 Å². The van der Waals surface area contributed by atoms with Gasteiger partial charge in [-0.3, -0.25) is 9.88 Å². The molecule has 0 amide bonds. The van der Waals surface area contributed by atoms with Crippen LogP contribution in [0.2, 0.25) is 0 Å². The highest BCUT2D eigenvalue weighted by atomic mass is 32.2. The highest BCUT2D eigenvalue weighted by molar-refractivity contribution is 7.89. The Bertz CT molecular complexity index is 574. The lowest BCUT2D eigenvalue weighted by molar-refractivity contribution is -0.182. The zero-order chi connectivity index (χ0) is 16.2. The first-order chi connectivity index (χ1) is 10.3. The Morgan fingerprint density at radius 3 is 2.59 bits per heavy atom. The number of hydrogen-bond acceptors (Lipinski definition) is 5. The third-order valence-electron chi connectivity index (χ3n) is 3.38. The van der Waals surface area contributed by atoms with Gasteiger partial charge < -0.3 is 5.32 Å². The molecule has 1 atom stereocenters. The van der Waals surface area contributed by atoms with E-state index in [4.69, 9.17) is 0 Å². The number of aromatic nitrogens is 1. The van der Waals surface area contributed by atoms with E-state index >= 15 is 0 Å². The van der Waals surface area contributed by atoms with Crippen molar-refractivity contribution in [2.45, 2.75) is 17.1 Å². The van der Waals surface area contributed by atoms with Gasteiger partial charge in [0.25, 0.3) is 0 Å². The molecule has 1 saturated heterocycles. The molecule has 0 bridgehead atoms. The second-order valence-corrected chi connectivity index (χ2v) is 6.65. The number of nitrogens with one attached hydrogen (secondary N) is 2. The molecule has 6 nitrogen and oxygen atoms in total. The monoisotopic (exact) mass is 338 g/mol. The molecule has 0 saturated carbocycles. The van der Waals surface area contributed by atoms with Crippen molar-refractivity contribution in [1.82, 2.24) is 19.9 Å². The van der Waals surface area contributed by atoms with E-state index in [-0.39, 0.29) is 18.0 Å². The first-order valence-corrected chi connectivity index (χ1v) is 8.20. The van der Waals surface area contributed by atoms with Gasteiger partial charge in [-0.05, 0) is 12.1 Å². The van der Waals surface area contributed by atoms with Gasteiger partial charge in [-0.15, -0.1) is 0 Å². The van der Waals surface area contributed by atoms with E-state index in [1.54, 1.807) is 0 Å². The van der Waals surface area contributed by atoms with E-state index < -0.39 is 28.8 Å². The van der Waals surface area contributed by atoms with Crippen LogP contribution in [-0.4, -0.2) is 63.2 Å². The van der Waals surface area contributed by atoms with Gasteiger partial charge >= 0.3 is 6.18 Å². The van der Waals surface area contributed by atoms with Crippen molar-refractivity contribution in [3.8, 4) is 0 Å². The molecule has 1 unspecified atom stereocenters. The number of pyridine rings is 1. The molecule has 1 fully saturated rings. The summed E-state index contributed by atoms with van der Waals surface area (Å²) in [5.41, 5.74) is 0. The maximum atomic E-state index is 13.2. The summed E-state index contributed by atoms with van der Waals surface area (Å²) in [5.74, 6) is 0. The van der Waals surface area contributed by atoms with E-state index in [1.165, 1.54) is 23.2 Å². The molecule has 0 radical (unpaired) electrons. The van der Waals surface area contributed by atoms with Crippen molar-refractivity contribution in [2.24, 2.45) is 0 Å². The fraction of sp³-hybridized carbons (Fsp3) is 0.583. The van der Waals surface area contributed by atoms with Crippen molar-refractivity contribution in [3.63, 3.8) is 0 Å². The fourth-order valence-corrected chi connectivity index (χ4v) is 3.22. The number of alkyl halides is 3. The third kappa shape index (κ3) is 4.38. The molecule has 2 rings (SSSR count). The molecule has 10 heteroatoms. The van der Waals surface area contributed by atoms with E-state index in [2.05, 4.69) is 10.3 Å². The van der Waals surface area contributed by atoms with Gasteiger partial charge in [0.05, 0.1) is 0 Å². The van der Waals surface area contributed by atoms with Gasteiger partial charge in [-0.1, -0.05) is 0 Å². The van der Waals surface area contributed by atoms with Crippen molar-refractivity contribution in [1.29, 1.82) is 0 Å². The number of sulfonamides is 1. The van der Waals surface area contributed by atoms with Crippen LogP contribution in [-0.2, 0) is 10.0 Å². The van der Waals surface area contributed by atoms with Crippen LogP contribution in [0, 0.1) is 0 Å². The van der Waals surface area contributed by atoms with Crippen molar-refractivity contribution < 1.29 is 21.6 Å². The largest absolute Gasteiger partial charge is 0.405 e. The van der Waals surface area contributed by atoms with Gasteiger partial charge in [0.1, 0.15) is 10.9 Å².